The number of esters is 1. The number of ether oxygens (including phenoxy) is 2. The molecule has 4 heterocycles. The van der Waals surface area contributed by atoms with Crippen molar-refractivity contribution in [2.75, 3.05) is 14.2 Å². The summed E-state index contributed by atoms with van der Waals surface area (Å²) in [7, 11) is 2.93. The molecular formula is C20H16N8O3. The lowest BCUT2D eigenvalue weighted by Crippen LogP contribution is -2.06. The molecule has 4 aromatic heterocycles. The zero-order chi connectivity index (χ0) is 21.4. The van der Waals surface area contributed by atoms with E-state index in [9.17, 15) is 4.79 Å². The van der Waals surface area contributed by atoms with Crippen molar-refractivity contribution >= 4 is 22.9 Å². The molecule has 0 aliphatic rings. The van der Waals surface area contributed by atoms with E-state index in [0.29, 0.717) is 34.2 Å². The summed E-state index contributed by atoms with van der Waals surface area (Å²) >= 11 is 0. The molecule has 11 nitrogen and oxygen atoms in total. The predicted molar refractivity (Wildman–Crippen MR) is 109 cm³/mol. The average molecular weight is 416 g/mol. The second kappa shape index (κ2) is 7.44. The molecule has 0 unspecified atom stereocenters. The van der Waals surface area contributed by atoms with Gasteiger partial charge in [0.15, 0.2) is 17.0 Å². The third-order valence-electron chi connectivity index (χ3n) is 4.73. The minimum Gasteiger partial charge on any atom is -0.497 e. The second-order valence-corrected chi connectivity index (χ2v) is 6.56. The molecule has 0 amide bonds. The smallest absolute Gasteiger partial charge is 0.311 e. The van der Waals surface area contributed by atoms with Crippen LogP contribution in [-0.4, -0.2) is 59.7 Å². The molecule has 11 heteroatoms. The monoisotopic (exact) mass is 416 g/mol. The Kier molecular flexibility index (Phi) is 4.47. The van der Waals surface area contributed by atoms with E-state index in [0.717, 1.165) is 11.3 Å². The predicted octanol–water partition coefficient (Wildman–Crippen LogP) is 1.64. The summed E-state index contributed by atoms with van der Waals surface area (Å²) in [6.07, 6.45) is 3.28. The van der Waals surface area contributed by atoms with Crippen LogP contribution in [-0.2, 0) is 16.0 Å². The highest BCUT2D eigenvalue weighted by molar-refractivity contribution is 5.82. The minimum atomic E-state index is -0.431. The van der Waals surface area contributed by atoms with Crippen LogP contribution in [0.2, 0.25) is 0 Å². The van der Waals surface area contributed by atoms with Gasteiger partial charge in [0.2, 0.25) is 0 Å². The lowest BCUT2D eigenvalue weighted by Gasteiger charge is -2.05. The van der Waals surface area contributed by atoms with Crippen molar-refractivity contribution in [2.45, 2.75) is 6.42 Å². The first-order chi connectivity index (χ1) is 15.2. The van der Waals surface area contributed by atoms with Crippen molar-refractivity contribution in [1.29, 1.82) is 0 Å². The number of hydrogen-bond acceptors (Lipinski definition) is 9. The average Bonchev–Trinajstić information content (AvgIpc) is 3.41. The first-order valence-corrected chi connectivity index (χ1v) is 9.30. The van der Waals surface area contributed by atoms with Gasteiger partial charge >= 0.3 is 5.97 Å². The fourth-order valence-corrected chi connectivity index (χ4v) is 3.20. The Bertz CT molecular complexity index is 1390. The first-order valence-electron chi connectivity index (χ1n) is 9.30. The molecule has 0 atom stereocenters. The van der Waals surface area contributed by atoms with Gasteiger partial charge in [0, 0.05) is 18.0 Å². The highest BCUT2D eigenvalue weighted by Crippen LogP contribution is 2.24. The Morgan fingerprint density at radius 2 is 1.77 bits per heavy atom. The summed E-state index contributed by atoms with van der Waals surface area (Å²) in [5.74, 6) is 1.06. The number of carbonyl (C=O) groups is 1. The summed E-state index contributed by atoms with van der Waals surface area (Å²) in [6.45, 7) is 0. The zero-order valence-corrected chi connectivity index (χ0v) is 16.6. The summed E-state index contributed by atoms with van der Waals surface area (Å²) in [6, 6.07) is 10.9. The Hall–Kier alpha value is -4.41. The number of methoxy groups -OCH3 is 2. The van der Waals surface area contributed by atoms with Gasteiger partial charge < -0.3 is 9.47 Å². The molecule has 0 bridgehead atoms. The zero-order valence-electron chi connectivity index (χ0n) is 16.6. The summed E-state index contributed by atoms with van der Waals surface area (Å²) in [4.78, 5) is 20.4. The molecule has 0 aliphatic carbocycles. The summed E-state index contributed by atoms with van der Waals surface area (Å²) in [5.41, 5.74) is 2.91. The topological polar surface area (TPSA) is 122 Å². The highest BCUT2D eigenvalue weighted by Gasteiger charge is 2.22. The molecule has 5 aromatic rings. The lowest BCUT2D eigenvalue weighted by molar-refractivity contribution is -0.139. The van der Waals surface area contributed by atoms with Crippen molar-refractivity contribution in [2.24, 2.45) is 0 Å². The number of rotatable bonds is 5. The van der Waals surface area contributed by atoms with Gasteiger partial charge in [0.25, 0.3) is 5.78 Å². The van der Waals surface area contributed by atoms with Crippen LogP contribution < -0.4 is 4.74 Å². The van der Waals surface area contributed by atoms with E-state index >= 15 is 0 Å². The SMILES string of the molecule is COC(=O)Cc1nn(-c2ccc(OC)cc2)c2c1nnc1nc(-c3ccncc3)nn12. The van der Waals surface area contributed by atoms with Crippen LogP contribution in [0.25, 0.3) is 34.0 Å². The molecule has 0 aliphatic heterocycles. The maximum Gasteiger partial charge on any atom is 0.311 e. The van der Waals surface area contributed by atoms with Gasteiger partial charge in [-0.05, 0) is 36.4 Å². The van der Waals surface area contributed by atoms with Gasteiger partial charge in [-0.2, -0.15) is 14.6 Å². The molecule has 0 fully saturated rings. The number of carbonyl (C=O) groups excluding carboxylic acids is 1. The van der Waals surface area contributed by atoms with Crippen molar-refractivity contribution in [3.05, 3.63) is 54.5 Å². The number of nitrogens with zero attached hydrogens (tertiary/aromatic N) is 8. The highest BCUT2D eigenvalue weighted by atomic mass is 16.5. The molecular weight excluding hydrogens is 400 g/mol. The van der Waals surface area contributed by atoms with Gasteiger partial charge in [0.1, 0.15) is 11.4 Å². The fourth-order valence-electron chi connectivity index (χ4n) is 3.20. The quantitative estimate of drug-likeness (QED) is 0.393. The van der Waals surface area contributed by atoms with Crippen LogP contribution >= 0.6 is 0 Å². The molecule has 31 heavy (non-hydrogen) atoms. The largest absolute Gasteiger partial charge is 0.497 e. The molecule has 0 spiro atoms. The van der Waals surface area contributed by atoms with Crippen LogP contribution in [0.3, 0.4) is 0 Å². The van der Waals surface area contributed by atoms with E-state index in [4.69, 9.17) is 9.47 Å². The minimum absolute atomic E-state index is 0.0533. The van der Waals surface area contributed by atoms with Gasteiger partial charge in [-0.1, -0.05) is 0 Å². The molecule has 5 rings (SSSR count). The second-order valence-electron chi connectivity index (χ2n) is 6.56. The standard InChI is InChI=1S/C20H16N8O3/c1-30-14-5-3-13(4-6-14)27-19-17(15(25-27)11-16(29)31-2)23-24-20-22-18(26-28(19)20)12-7-9-21-10-8-12/h3-10H,11H2,1-2H3. The Morgan fingerprint density at radius 1 is 1.00 bits per heavy atom. The van der Waals surface area contributed by atoms with Gasteiger partial charge in [-0.25, -0.2) is 4.68 Å². The fraction of sp³-hybridized carbons (Fsp3) is 0.150. The molecule has 1 aromatic carbocycles. The number of fused-ring (bicyclic) bond motifs is 3. The molecule has 154 valence electrons. The molecule has 0 saturated heterocycles. The van der Waals surface area contributed by atoms with Gasteiger partial charge in [-0.15, -0.1) is 15.3 Å². The molecule has 0 radical (unpaired) electrons. The Labute approximate surface area is 175 Å². The number of benzene rings is 1. The van der Waals surface area contributed by atoms with E-state index in [1.165, 1.54) is 7.11 Å². The van der Waals surface area contributed by atoms with Crippen molar-refractivity contribution in [1.82, 2.24) is 39.6 Å². The van der Waals surface area contributed by atoms with E-state index in [-0.39, 0.29) is 6.42 Å². The van der Waals surface area contributed by atoms with Crippen molar-refractivity contribution < 1.29 is 14.3 Å². The van der Waals surface area contributed by atoms with Gasteiger partial charge in [0.05, 0.1) is 26.3 Å². The van der Waals surface area contributed by atoms with Crippen LogP contribution in [0.1, 0.15) is 5.69 Å². The van der Waals surface area contributed by atoms with Crippen LogP contribution in [0, 0.1) is 0 Å². The van der Waals surface area contributed by atoms with E-state index < -0.39 is 5.97 Å². The van der Waals surface area contributed by atoms with E-state index in [1.54, 1.807) is 28.7 Å². The summed E-state index contributed by atoms with van der Waals surface area (Å²) < 4.78 is 13.3. The van der Waals surface area contributed by atoms with Crippen LogP contribution in [0.5, 0.6) is 5.75 Å². The van der Waals surface area contributed by atoms with Gasteiger partial charge in [-0.3, -0.25) is 9.78 Å². The van der Waals surface area contributed by atoms with E-state index in [2.05, 4.69) is 30.4 Å². The van der Waals surface area contributed by atoms with Crippen molar-refractivity contribution in [3.8, 4) is 22.8 Å². The Morgan fingerprint density at radius 3 is 2.48 bits per heavy atom. The lowest BCUT2D eigenvalue weighted by atomic mass is 10.3. The number of aromatic nitrogens is 8. The Balaban J connectivity index is 1.76. The first kappa shape index (κ1) is 18.6. The van der Waals surface area contributed by atoms with Crippen LogP contribution in [0.4, 0.5) is 0 Å². The number of hydrogen-bond donors (Lipinski definition) is 0. The third kappa shape index (κ3) is 3.21. The van der Waals surface area contributed by atoms with Crippen molar-refractivity contribution in [3.63, 3.8) is 0 Å². The van der Waals surface area contributed by atoms with E-state index in [1.807, 2.05) is 36.4 Å². The third-order valence-corrected chi connectivity index (χ3v) is 4.73. The normalized spacial score (nSPS) is 11.2. The number of pyridine rings is 1. The summed E-state index contributed by atoms with van der Waals surface area (Å²) in [5, 5.41) is 17.7. The van der Waals surface area contributed by atoms with Crippen LogP contribution in [0.15, 0.2) is 48.8 Å². The maximum atomic E-state index is 11.9. The molecule has 0 saturated carbocycles. The maximum absolute atomic E-state index is 11.9. The molecule has 0 N–H and O–H groups in total.